The molecule has 0 amide bonds. The Morgan fingerprint density at radius 1 is 1.12 bits per heavy atom. The van der Waals surface area contributed by atoms with E-state index in [9.17, 15) is 5.26 Å². The van der Waals surface area contributed by atoms with E-state index in [4.69, 9.17) is 0 Å². The number of nitriles is 1. The van der Waals surface area contributed by atoms with Crippen molar-refractivity contribution in [3.63, 3.8) is 0 Å². The molecule has 0 spiro atoms. The fourth-order valence-electron chi connectivity index (χ4n) is 2.17. The number of nitrogens with zero attached hydrogens (tertiary/aromatic N) is 2. The lowest BCUT2D eigenvalue weighted by molar-refractivity contribution is 0.210. The van der Waals surface area contributed by atoms with Gasteiger partial charge in [0.25, 0.3) is 0 Å². The second kappa shape index (κ2) is 5.84. The van der Waals surface area contributed by atoms with Crippen molar-refractivity contribution in [1.29, 1.82) is 5.26 Å². The number of aryl methyl sites for hydroxylation is 1. The summed E-state index contributed by atoms with van der Waals surface area (Å²) in [6.07, 6.45) is 0. The van der Waals surface area contributed by atoms with Crippen molar-refractivity contribution in [1.82, 2.24) is 4.90 Å². The molecule has 0 radical (unpaired) electrons. The highest BCUT2D eigenvalue weighted by Gasteiger charge is 2.27. The Morgan fingerprint density at radius 3 is 2.00 bits per heavy atom. The number of benzene rings is 1. The van der Waals surface area contributed by atoms with Gasteiger partial charge >= 0.3 is 0 Å². The molecule has 17 heavy (non-hydrogen) atoms. The maximum absolute atomic E-state index is 9.35. The van der Waals surface area contributed by atoms with E-state index < -0.39 is 0 Å². The molecule has 0 bridgehead atoms. The first-order valence-electron chi connectivity index (χ1n) is 6.10. The summed E-state index contributed by atoms with van der Waals surface area (Å²) >= 11 is 0. The third-order valence-electron chi connectivity index (χ3n) is 3.18. The molecular formula is C15H22N2. The van der Waals surface area contributed by atoms with Gasteiger partial charge in [0.05, 0.1) is 18.0 Å². The third-order valence-corrected chi connectivity index (χ3v) is 3.18. The van der Waals surface area contributed by atoms with Crippen LogP contribution in [0.1, 0.15) is 31.0 Å². The summed E-state index contributed by atoms with van der Waals surface area (Å²) in [6.45, 7) is 6.30. The van der Waals surface area contributed by atoms with Crippen LogP contribution >= 0.6 is 0 Å². The fraction of sp³-hybridized carbons (Fsp3) is 0.533. The van der Waals surface area contributed by atoms with Crippen LogP contribution in [0.15, 0.2) is 24.3 Å². The summed E-state index contributed by atoms with van der Waals surface area (Å²) in [5.74, 6) is 0.376. The highest BCUT2D eigenvalue weighted by molar-refractivity contribution is 5.26. The number of rotatable bonds is 4. The van der Waals surface area contributed by atoms with E-state index in [1.54, 1.807) is 0 Å². The monoisotopic (exact) mass is 230 g/mol. The Kier molecular flexibility index (Phi) is 4.72. The van der Waals surface area contributed by atoms with Crippen LogP contribution in [0.2, 0.25) is 0 Å². The minimum Gasteiger partial charge on any atom is -0.301 e. The zero-order chi connectivity index (χ0) is 13.0. The molecule has 0 saturated heterocycles. The summed E-state index contributed by atoms with van der Waals surface area (Å²) in [4.78, 5) is 2.14. The summed E-state index contributed by atoms with van der Waals surface area (Å²) in [7, 11) is 4.08. The smallest absolute Gasteiger partial charge is 0.0683 e. The predicted octanol–water partition coefficient (Wildman–Crippen LogP) is 3.39. The molecule has 2 nitrogen and oxygen atoms in total. The van der Waals surface area contributed by atoms with Gasteiger partial charge in [-0.15, -0.1) is 0 Å². The van der Waals surface area contributed by atoms with Gasteiger partial charge in [-0.3, -0.25) is 0 Å². The first-order chi connectivity index (χ1) is 7.97. The lowest BCUT2D eigenvalue weighted by Crippen LogP contribution is -2.29. The number of hydrogen-bond acceptors (Lipinski definition) is 2. The highest BCUT2D eigenvalue weighted by Crippen LogP contribution is 2.31. The van der Waals surface area contributed by atoms with Crippen LogP contribution in [0, 0.1) is 30.1 Å². The van der Waals surface area contributed by atoms with E-state index in [2.05, 4.69) is 56.0 Å². The molecule has 0 heterocycles. The zero-order valence-corrected chi connectivity index (χ0v) is 11.4. The molecule has 0 aliphatic rings. The van der Waals surface area contributed by atoms with Crippen molar-refractivity contribution in [3.8, 4) is 6.07 Å². The Hall–Kier alpha value is -1.33. The first-order valence-corrected chi connectivity index (χ1v) is 6.10. The molecule has 0 N–H and O–H groups in total. The van der Waals surface area contributed by atoms with Gasteiger partial charge in [-0.1, -0.05) is 43.7 Å². The van der Waals surface area contributed by atoms with E-state index in [-0.39, 0.29) is 12.0 Å². The summed E-state index contributed by atoms with van der Waals surface area (Å²) in [5.41, 5.74) is 2.48. The van der Waals surface area contributed by atoms with Crippen molar-refractivity contribution in [2.75, 3.05) is 14.1 Å². The normalized spacial score (nSPS) is 14.7. The average Bonchev–Trinajstić information content (AvgIpc) is 2.26. The van der Waals surface area contributed by atoms with Crippen molar-refractivity contribution in [2.24, 2.45) is 11.8 Å². The molecule has 0 aromatic heterocycles. The molecule has 1 rings (SSSR count). The van der Waals surface area contributed by atoms with Gasteiger partial charge in [0.1, 0.15) is 0 Å². The van der Waals surface area contributed by atoms with Gasteiger partial charge in [0, 0.05) is 0 Å². The maximum atomic E-state index is 9.35. The van der Waals surface area contributed by atoms with E-state index in [1.807, 2.05) is 14.1 Å². The van der Waals surface area contributed by atoms with Gasteiger partial charge in [-0.05, 0) is 32.5 Å². The SMILES string of the molecule is Cc1ccc(C(C(C#N)C(C)C)N(C)C)cc1. The van der Waals surface area contributed by atoms with Crippen molar-refractivity contribution < 1.29 is 0 Å². The third kappa shape index (κ3) is 3.31. The molecule has 2 heteroatoms. The Balaban J connectivity index is 3.09. The van der Waals surface area contributed by atoms with Gasteiger partial charge in [-0.2, -0.15) is 5.26 Å². The van der Waals surface area contributed by atoms with E-state index in [1.165, 1.54) is 11.1 Å². The van der Waals surface area contributed by atoms with Gasteiger partial charge in [0.2, 0.25) is 0 Å². The minimum absolute atomic E-state index is 0.0210. The molecular weight excluding hydrogens is 208 g/mol. The second-order valence-electron chi connectivity index (χ2n) is 5.22. The minimum atomic E-state index is 0.0210. The van der Waals surface area contributed by atoms with Crippen LogP contribution in [0.3, 0.4) is 0 Å². The quantitative estimate of drug-likeness (QED) is 0.792. The van der Waals surface area contributed by atoms with Crippen molar-refractivity contribution in [3.05, 3.63) is 35.4 Å². The van der Waals surface area contributed by atoms with Crippen LogP contribution in [0.5, 0.6) is 0 Å². The summed E-state index contributed by atoms with van der Waals surface area (Å²) < 4.78 is 0. The molecule has 1 aromatic rings. The molecule has 0 aliphatic carbocycles. The van der Waals surface area contributed by atoms with E-state index in [0.29, 0.717) is 5.92 Å². The predicted molar refractivity (Wildman–Crippen MR) is 71.5 cm³/mol. The standard InChI is InChI=1S/C15H22N2/c1-11(2)14(10-16)15(17(4)5)13-8-6-12(3)7-9-13/h6-9,11,14-15H,1-5H3. The van der Waals surface area contributed by atoms with Gasteiger partial charge < -0.3 is 4.90 Å². The molecule has 2 unspecified atom stereocenters. The first kappa shape index (κ1) is 13.7. The number of hydrogen-bond donors (Lipinski definition) is 0. The van der Waals surface area contributed by atoms with Crippen LogP contribution in [-0.2, 0) is 0 Å². The van der Waals surface area contributed by atoms with Gasteiger partial charge in [-0.25, -0.2) is 0 Å². The maximum Gasteiger partial charge on any atom is 0.0683 e. The zero-order valence-electron chi connectivity index (χ0n) is 11.4. The second-order valence-corrected chi connectivity index (χ2v) is 5.22. The Labute approximate surface area is 105 Å². The van der Waals surface area contributed by atoms with E-state index >= 15 is 0 Å². The summed E-state index contributed by atoms with van der Waals surface area (Å²) in [6, 6.07) is 11.1. The van der Waals surface area contributed by atoms with Crippen molar-refractivity contribution >= 4 is 0 Å². The molecule has 0 fully saturated rings. The van der Waals surface area contributed by atoms with Crippen molar-refractivity contribution in [2.45, 2.75) is 26.8 Å². The average molecular weight is 230 g/mol. The van der Waals surface area contributed by atoms with Crippen LogP contribution in [-0.4, -0.2) is 19.0 Å². The lowest BCUT2D eigenvalue weighted by atomic mass is 9.85. The molecule has 2 atom stereocenters. The molecule has 1 aromatic carbocycles. The van der Waals surface area contributed by atoms with Crippen LogP contribution in [0.25, 0.3) is 0 Å². The fourth-order valence-corrected chi connectivity index (χ4v) is 2.17. The topological polar surface area (TPSA) is 27.0 Å². The van der Waals surface area contributed by atoms with Gasteiger partial charge in [0.15, 0.2) is 0 Å². The Bertz CT molecular complexity index is 384. The molecule has 0 aliphatic heterocycles. The lowest BCUT2D eigenvalue weighted by Gasteiger charge is -2.31. The van der Waals surface area contributed by atoms with E-state index in [0.717, 1.165) is 0 Å². The molecule has 92 valence electrons. The van der Waals surface area contributed by atoms with Crippen LogP contribution < -0.4 is 0 Å². The van der Waals surface area contributed by atoms with Crippen LogP contribution in [0.4, 0.5) is 0 Å². The molecule has 0 saturated carbocycles. The largest absolute Gasteiger partial charge is 0.301 e. The highest BCUT2D eigenvalue weighted by atomic mass is 15.1. The Morgan fingerprint density at radius 2 is 1.65 bits per heavy atom. The summed E-state index contributed by atoms with van der Waals surface area (Å²) in [5, 5.41) is 9.35.